The van der Waals surface area contributed by atoms with Gasteiger partial charge in [0.2, 0.25) is 11.8 Å². The van der Waals surface area contributed by atoms with E-state index >= 15 is 0 Å². The monoisotopic (exact) mass is 462 g/mol. The summed E-state index contributed by atoms with van der Waals surface area (Å²) >= 11 is 13.4. The molecular weight excluding hydrogens is 443 g/mol. The van der Waals surface area contributed by atoms with Gasteiger partial charge in [-0.1, -0.05) is 35.3 Å². The first-order chi connectivity index (χ1) is 14.4. The summed E-state index contributed by atoms with van der Waals surface area (Å²) in [5, 5.41) is 3.21. The molecule has 0 saturated carbocycles. The van der Waals surface area contributed by atoms with Gasteiger partial charge in [0.05, 0.1) is 21.0 Å². The van der Waals surface area contributed by atoms with Gasteiger partial charge < -0.3 is 10.2 Å². The summed E-state index contributed by atoms with van der Waals surface area (Å²) in [4.78, 5) is 40.6. The van der Waals surface area contributed by atoms with Crippen molar-refractivity contribution in [3.63, 3.8) is 0 Å². The molecule has 0 aliphatic carbocycles. The van der Waals surface area contributed by atoms with Gasteiger partial charge in [-0.15, -0.1) is 11.8 Å². The first-order valence-electron chi connectivity index (χ1n) is 9.76. The highest BCUT2D eigenvalue weighted by atomic mass is 35.5. The van der Waals surface area contributed by atoms with E-state index < -0.39 is 5.25 Å². The standard InChI is InChI=1S/C22H20Cl2N2O3S/c23-15-6-5-14(11-16(15)24)21(28)13-7-9-26(10-8-13)20(27)12-19-22(29)25-17-3-1-2-4-18(17)30-19/h1-6,11,13,19H,7-10,12H2,(H,25,29). The normalized spacial score (nSPS) is 19.2. The van der Waals surface area contributed by atoms with Crippen molar-refractivity contribution in [1.82, 2.24) is 4.90 Å². The van der Waals surface area contributed by atoms with Gasteiger partial charge in [0.15, 0.2) is 5.78 Å². The number of carbonyl (C=O) groups excluding carboxylic acids is 3. The van der Waals surface area contributed by atoms with Gasteiger partial charge in [-0.05, 0) is 43.2 Å². The molecule has 0 bridgehead atoms. The Kier molecular flexibility index (Phi) is 6.37. The molecule has 8 heteroatoms. The van der Waals surface area contributed by atoms with Gasteiger partial charge in [0, 0.05) is 35.9 Å². The average Bonchev–Trinajstić information content (AvgIpc) is 2.75. The van der Waals surface area contributed by atoms with Crippen molar-refractivity contribution in [3.05, 3.63) is 58.1 Å². The highest BCUT2D eigenvalue weighted by Crippen LogP contribution is 2.37. The smallest absolute Gasteiger partial charge is 0.238 e. The number of fused-ring (bicyclic) bond motifs is 1. The first kappa shape index (κ1) is 21.2. The molecule has 30 heavy (non-hydrogen) atoms. The van der Waals surface area contributed by atoms with Crippen LogP contribution >= 0.6 is 35.0 Å². The number of thioether (sulfide) groups is 1. The summed E-state index contributed by atoms with van der Waals surface area (Å²) in [5.74, 6) is -0.316. The van der Waals surface area contributed by atoms with Crippen molar-refractivity contribution in [3.8, 4) is 0 Å². The van der Waals surface area contributed by atoms with Crippen molar-refractivity contribution >= 4 is 58.2 Å². The van der Waals surface area contributed by atoms with Gasteiger partial charge in [-0.2, -0.15) is 0 Å². The topological polar surface area (TPSA) is 66.5 Å². The van der Waals surface area contributed by atoms with Crippen molar-refractivity contribution in [2.24, 2.45) is 5.92 Å². The number of anilines is 1. The molecule has 0 spiro atoms. The van der Waals surface area contributed by atoms with Gasteiger partial charge in [0.1, 0.15) is 0 Å². The van der Waals surface area contributed by atoms with Crippen LogP contribution in [0.15, 0.2) is 47.4 Å². The third-order valence-electron chi connectivity index (χ3n) is 5.49. The summed E-state index contributed by atoms with van der Waals surface area (Å²) in [5.41, 5.74) is 1.33. The van der Waals surface area contributed by atoms with Gasteiger partial charge >= 0.3 is 0 Å². The second-order valence-electron chi connectivity index (χ2n) is 7.44. The predicted octanol–water partition coefficient (Wildman–Crippen LogP) is 4.92. The number of para-hydroxylation sites is 1. The lowest BCUT2D eigenvalue weighted by Crippen LogP contribution is -2.42. The van der Waals surface area contributed by atoms with Crippen molar-refractivity contribution in [2.75, 3.05) is 18.4 Å². The number of rotatable bonds is 4. The van der Waals surface area contributed by atoms with Crippen LogP contribution in [0.1, 0.15) is 29.6 Å². The molecule has 2 aliphatic heterocycles. The maximum absolute atomic E-state index is 12.8. The Morgan fingerprint density at radius 3 is 2.53 bits per heavy atom. The van der Waals surface area contributed by atoms with Crippen molar-refractivity contribution < 1.29 is 14.4 Å². The van der Waals surface area contributed by atoms with Crippen LogP contribution in [0.25, 0.3) is 0 Å². The number of halogens is 2. The predicted molar refractivity (Wildman–Crippen MR) is 119 cm³/mol. The first-order valence-corrected chi connectivity index (χ1v) is 11.4. The fourth-order valence-corrected chi connectivity index (χ4v) is 5.19. The molecule has 2 heterocycles. The minimum absolute atomic E-state index is 0.0273. The highest BCUT2D eigenvalue weighted by Gasteiger charge is 2.33. The number of Topliss-reactive ketones (excluding diaryl/α,β-unsaturated/α-hetero) is 1. The molecule has 1 unspecified atom stereocenters. The minimum atomic E-state index is -0.442. The highest BCUT2D eigenvalue weighted by molar-refractivity contribution is 8.01. The summed E-state index contributed by atoms with van der Waals surface area (Å²) in [6, 6.07) is 12.5. The van der Waals surface area contributed by atoms with Crippen LogP contribution in [0.4, 0.5) is 5.69 Å². The van der Waals surface area contributed by atoms with E-state index in [4.69, 9.17) is 23.2 Å². The molecule has 4 rings (SSSR count). The Morgan fingerprint density at radius 1 is 1.07 bits per heavy atom. The minimum Gasteiger partial charge on any atom is -0.343 e. The number of likely N-dealkylation sites (tertiary alicyclic amines) is 1. The van der Waals surface area contributed by atoms with Gasteiger partial charge in [0.25, 0.3) is 0 Å². The van der Waals surface area contributed by atoms with Crippen LogP contribution < -0.4 is 5.32 Å². The molecule has 2 amide bonds. The van der Waals surface area contributed by atoms with E-state index in [9.17, 15) is 14.4 Å². The lowest BCUT2D eigenvalue weighted by atomic mass is 9.88. The summed E-state index contributed by atoms with van der Waals surface area (Å²) in [6.45, 7) is 1.01. The number of hydrogen-bond acceptors (Lipinski definition) is 4. The summed E-state index contributed by atoms with van der Waals surface area (Å²) in [6.07, 6.45) is 1.34. The maximum Gasteiger partial charge on any atom is 0.238 e. The van der Waals surface area contributed by atoms with Crippen molar-refractivity contribution in [2.45, 2.75) is 29.4 Å². The number of nitrogens with zero attached hydrogens (tertiary/aromatic N) is 1. The molecule has 1 saturated heterocycles. The fourth-order valence-electron chi connectivity index (χ4n) is 3.79. The van der Waals surface area contributed by atoms with Gasteiger partial charge in [-0.25, -0.2) is 0 Å². The number of piperidine rings is 1. The van der Waals surface area contributed by atoms with E-state index in [1.54, 1.807) is 23.1 Å². The zero-order valence-corrected chi connectivity index (χ0v) is 18.4. The third kappa shape index (κ3) is 4.51. The molecule has 2 aromatic rings. The Balaban J connectivity index is 1.33. The number of benzene rings is 2. The number of ketones is 1. The second-order valence-corrected chi connectivity index (χ2v) is 9.50. The second kappa shape index (κ2) is 9.00. The van der Waals surface area contributed by atoms with Crippen LogP contribution in [0, 0.1) is 5.92 Å². The third-order valence-corrected chi connectivity index (χ3v) is 7.50. The molecule has 1 fully saturated rings. The van der Waals surface area contributed by atoms with Crippen LogP contribution in [0.5, 0.6) is 0 Å². The fraction of sp³-hybridized carbons (Fsp3) is 0.318. The maximum atomic E-state index is 12.8. The number of nitrogens with one attached hydrogen (secondary N) is 1. The van der Waals surface area contributed by atoms with Crippen molar-refractivity contribution in [1.29, 1.82) is 0 Å². The van der Waals surface area contributed by atoms with Crippen LogP contribution in [-0.4, -0.2) is 40.8 Å². The largest absolute Gasteiger partial charge is 0.343 e. The van der Waals surface area contributed by atoms with E-state index in [1.165, 1.54) is 11.8 Å². The zero-order valence-electron chi connectivity index (χ0n) is 16.1. The molecule has 156 valence electrons. The summed E-state index contributed by atoms with van der Waals surface area (Å²) in [7, 11) is 0. The molecule has 2 aliphatic rings. The Morgan fingerprint density at radius 2 is 1.80 bits per heavy atom. The van der Waals surface area contributed by atoms with E-state index in [0.717, 1.165) is 10.6 Å². The molecule has 1 N–H and O–H groups in total. The van der Waals surface area contributed by atoms with E-state index in [2.05, 4.69) is 5.32 Å². The molecular formula is C22H20Cl2N2O3S. The van der Waals surface area contributed by atoms with Crippen LogP contribution in [0.2, 0.25) is 10.0 Å². The van der Waals surface area contributed by atoms with Crippen LogP contribution in [-0.2, 0) is 9.59 Å². The van der Waals surface area contributed by atoms with Gasteiger partial charge in [-0.3, -0.25) is 14.4 Å². The average molecular weight is 463 g/mol. The quantitative estimate of drug-likeness (QED) is 0.654. The molecule has 0 aromatic heterocycles. The number of amides is 2. The van der Waals surface area contributed by atoms with Crippen LogP contribution in [0.3, 0.4) is 0 Å². The van der Waals surface area contributed by atoms with E-state index in [-0.39, 0.29) is 29.9 Å². The molecule has 5 nitrogen and oxygen atoms in total. The van der Waals surface area contributed by atoms with E-state index in [1.807, 2.05) is 24.3 Å². The lowest BCUT2D eigenvalue weighted by Gasteiger charge is -2.33. The Bertz CT molecular complexity index is 1010. The molecule has 2 aromatic carbocycles. The Hall–Kier alpha value is -2.02. The number of carbonyl (C=O) groups is 3. The molecule has 0 radical (unpaired) electrons. The van der Waals surface area contributed by atoms with E-state index in [0.29, 0.717) is 41.5 Å². The summed E-state index contributed by atoms with van der Waals surface area (Å²) < 4.78 is 0. The Labute approximate surface area is 189 Å². The lowest BCUT2D eigenvalue weighted by molar-refractivity contribution is -0.133. The number of hydrogen-bond donors (Lipinski definition) is 1. The SMILES string of the molecule is O=C(c1ccc(Cl)c(Cl)c1)C1CCN(C(=O)CC2Sc3ccccc3NC2=O)CC1. The zero-order chi connectivity index (χ0) is 21.3. The molecule has 1 atom stereocenters.